The molecule has 6 aromatic carbocycles. The summed E-state index contributed by atoms with van der Waals surface area (Å²) in [5.74, 6) is 0. The van der Waals surface area contributed by atoms with Crippen molar-refractivity contribution in [1.29, 1.82) is 0 Å². The van der Waals surface area contributed by atoms with Gasteiger partial charge in [0, 0.05) is 0 Å². The third-order valence-corrected chi connectivity index (χ3v) is 48.2. The standard InChI is InChI=1S/2C21H17.2C4H9.C2H7Si.Ti/c2*1-2-15-13-17-9-6-12-20(21(17)14-15)19-11-5-8-16-7-3-4-10-18(16)19;2*1-3-4-2;1-3-2;/h2*3-14H,2H2,1H3;2*1,3-4H2,2H3;3H,1-2H3;. The molecular formula is C52H59SiTi. The number of fused-ring (bicyclic) bond motifs is 4. The van der Waals surface area contributed by atoms with Gasteiger partial charge in [0.1, 0.15) is 0 Å². The van der Waals surface area contributed by atoms with Crippen LogP contribution in [-0.2, 0) is 14.6 Å². The zero-order valence-electron chi connectivity index (χ0n) is 33.6. The van der Waals surface area contributed by atoms with Gasteiger partial charge in [-0.2, -0.15) is 0 Å². The Kier molecular flexibility index (Phi) is 10.4. The molecule has 0 fully saturated rings. The van der Waals surface area contributed by atoms with Gasteiger partial charge in [-0.25, -0.2) is 0 Å². The predicted molar refractivity (Wildman–Crippen MR) is 239 cm³/mol. The van der Waals surface area contributed by atoms with Gasteiger partial charge < -0.3 is 0 Å². The maximum absolute atomic E-state index is 3.76. The third-order valence-electron chi connectivity index (χ3n) is 14.5. The first kappa shape index (κ1) is 37.2. The van der Waals surface area contributed by atoms with Crippen molar-refractivity contribution in [1.82, 2.24) is 0 Å². The molecule has 0 bridgehead atoms. The van der Waals surface area contributed by atoms with Crippen LogP contribution in [0.1, 0.15) is 96.9 Å². The zero-order chi connectivity index (χ0) is 37.5. The molecule has 0 heterocycles. The SMILES string of the molecule is CCC[CH2][Ti]([CH2]CCC)([CH]1C(CC)=Cc2c(-c3cccc4ccccc34)cccc21)([CH]1C(CC)=Cc2c(-c3cccc4ccccc34)cccc21)[SiH](C)C. The van der Waals surface area contributed by atoms with Gasteiger partial charge in [-0.1, -0.05) is 0 Å². The number of benzene rings is 6. The Morgan fingerprint density at radius 2 is 0.852 bits per heavy atom. The van der Waals surface area contributed by atoms with E-state index >= 15 is 0 Å². The van der Waals surface area contributed by atoms with Crippen molar-refractivity contribution < 1.29 is 14.6 Å². The Bertz CT molecular complexity index is 2230. The molecule has 0 amide bonds. The molecule has 2 unspecified atom stereocenters. The number of hydrogen-bond acceptors (Lipinski definition) is 0. The molecule has 2 aliphatic rings. The molecule has 0 N–H and O–H groups in total. The zero-order valence-corrected chi connectivity index (χ0v) is 36.3. The molecule has 0 radical (unpaired) electrons. The van der Waals surface area contributed by atoms with Gasteiger partial charge in [0.25, 0.3) is 0 Å². The van der Waals surface area contributed by atoms with E-state index in [9.17, 15) is 0 Å². The van der Waals surface area contributed by atoms with Gasteiger partial charge in [-0.3, -0.25) is 0 Å². The van der Waals surface area contributed by atoms with Gasteiger partial charge in [0.2, 0.25) is 0 Å². The fourth-order valence-corrected chi connectivity index (χ4v) is 44.8. The topological polar surface area (TPSA) is 0 Å². The van der Waals surface area contributed by atoms with E-state index < -0.39 is 21.2 Å². The molecule has 275 valence electrons. The molecule has 6 aromatic rings. The van der Waals surface area contributed by atoms with Crippen LogP contribution in [0.2, 0.25) is 22.5 Å². The first-order chi connectivity index (χ1) is 26.4. The fraction of sp³-hybridized carbons (Fsp3) is 0.308. The summed E-state index contributed by atoms with van der Waals surface area (Å²) in [6.45, 7) is 14.2. The summed E-state index contributed by atoms with van der Waals surface area (Å²) >= 11 is -3.76. The molecule has 0 aliphatic heterocycles. The van der Waals surface area contributed by atoms with Crippen LogP contribution in [0.15, 0.2) is 132 Å². The normalized spacial score (nSPS) is 17.4. The van der Waals surface area contributed by atoms with E-state index in [1.807, 2.05) is 0 Å². The summed E-state index contributed by atoms with van der Waals surface area (Å²) in [4.78, 5) is 0. The van der Waals surface area contributed by atoms with Crippen molar-refractivity contribution >= 4 is 40.4 Å². The van der Waals surface area contributed by atoms with Crippen molar-refractivity contribution in [2.24, 2.45) is 0 Å². The van der Waals surface area contributed by atoms with E-state index in [-0.39, 0.29) is 0 Å². The monoisotopic (exact) mass is 759 g/mol. The van der Waals surface area contributed by atoms with Crippen LogP contribution < -0.4 is 0 Å². The molecule has 0 saturated carbocycles. The minimum absolute atomic E-state index is 0.578. The second-order valence-electron chi connectivity index (χ2n) is 17.0. The summed E-state index contributed by atoms with van der Waals surface area (Å²) in [6.07, 6.45) is 13.0. The molecule has 0 aromatic heterocycles. The first-order valence-corrected chi connectivity index (χ1v) is 30.8. The Morgan fingerprint density at radius 1 is 0.463 bits per heavy atom. The van der Waals surface area contributed by atoms with E-state index in [2.05, 4.69) is 174 Å². The number of hydrogen-bond donors (Lipinski definition) is 0. The van der Waals surface area contributed by atoms with Crippen molar-refractivity contribution in [2.75, 3.05) is 0 Å². The summed E-state index contributed by atoms with van der Waals surface area (Å²) in [5, 5.41) is 5.38. The van der Waals surface area contributed by atoms with Crippen LogP contribution in [0.3, 0.4) is 0 Å². The molecule has 0 nitrogen and oxygen atoms in total. The van der Waals surface area contributed by atoms with Gasteiger partial charge in [0.15, 0.2) is 0 Å². The van der Waals surface area contributed by atoms with E-state index in [1.165, 1.54) is 90.1 Å². The molecule has 0 saturated heterocycles. The van der Waals surface area contributed by atoms with Gasteiger partial charge in [-0.15, -0.1) is 0 Å². The Hall–Kier alpha value is -3.75. The first-order valence-electron chi connectivity index (χ1n) is 21.2. The molecule has 8 rings (SSSR count). The van der Waals surface area contributed by atoms with Crippen LogP contribution in [0.5, 0.6) is 0 Å². The summed E-state index contributed by atoms with van der Waals surface area (Å²) in [7, 11) is 0. The second-order valence-corrected chi connectivity index (χ2v) is 40.4. The summed E-state index contributed by atoms with van der Waals surface area (Å²) < 4.78 is 4.09. The van der Waals surface area contributed by atoms with E-state index in [4.69, 9.17) is 0 Å². The fourth-order valence-electron chi connectivity index (χ4n) is 12.0. The molecule has 0 spiro atoms. The van der Waals surface area contributed by atoms with E-state index in [0.717, 1.165) is 12.8 Å². The van der Waals surface area contributed by atoms with Crippen LogP contribution in [0, 0.1) is 0 Å². The van der Waals surface area contributed by atoms with Crippen molar-refractivity contribution in [3.8, 4) is 22.3 Å². The van der Waals surface area contributed by atoms with Gasteiger partial charge in [-0.05, 0) is 0 Å². The molecule has 2 heteroatoms. The molecule has 54 heavy (non-hydrogen) atoms. The van der Waals surface area contributed by atoms with Crippen LogP contribution in [0.25, 0.3) is 56.0 Å². The van der Waals surface area contributed by atoms with Crippen LogP contribution in [-0.4, -0.2) is 6.66 Å². The molecular weight excluding hydrogens is 701 g/mol. The van der Waals surface area contributed by atoms with Gasteiger partial charge in [0.05, 0.1) is 0 Å². The summed E-state index contributed by atoms with van der Waals surface area (Å²) in [6, 6.07) is 46.7. The Labute approximate surface area is 327 Å². The van der Waals surface area contributed by atoms with Crippen molar-refractivity contribution in [3.63, 3.8) is 0 Å². The maximum atomic E-state index is 2.84. The van der Waals surface area contributed by atoms with Crippen molar-refractivity contribution in [3.05, 3.63) is 155 Å². The van der Waals surface area contributed by atoms with Crippen molar-refractivity contribution in [2.45, 2.75) is 97.2 Å². The Morgan fingerprint density at radius 3 is 1.26 bits per heavy atom. The average molecular weight is 760 g/mol. The third kappa shape index (κ3) is 5.64. The number of rotatable bonds is 13. The molecule has 2 aliphatic carbocycles. The number of allylic oxidation sites excluding steroid dienone is 2. The van der Waals surface area contributed by atoms with Gasteiger partial charge >= 0.3 is 329 Å². The van der Waals surface area contributed by atoms with E-state index in [0.29, 0.717) is 8.45 Å². The van der Waals surface area contributed by atoms with Crippen LogP contribution in [0.4, 0.5) is 0 Å². The summed E-state index contributed by atoms with van der Waals surface area (Å²) in [5.41, 5.74) is 15.5. The predicted octanol–water partition coefficient (Wildman–Crippen LogP) is 15.8. The quantitative estimate of drug-likeness (QED) is 0.103. The minimum atomic E-state index is -3.76. The Balaban J connectivity index is 1.43. The van der Waals surface area contributed by atoms with E-state index in [1.54, 1.807) is 22.3 Å². The molecule has 2 atom stereocenters. The average Bonchev–Trinajstić information content (AvgIpc) is 3.81. The second kappa shape index (κ2) is 15.1. The van der Waals surface area contributed by atoms with Crippen LogP contribution >= 0.6 is 0 Å². The number of unbranched alkanes of at least 4 members (excludes halogenated alkanes) is 2.